The first-order valence-corrected chi connectivity index (χ1v) is 12.2. The Morgan fingerprint density at radius 2 is 1.94 bits per heavy atom. The van der Waals surface area contributed by atoms with Crippen molar-refractivity contribution in [2.45, 2.75) is 57.6 Å². The maximum Gasteiger partial charge on any atom is 0.315 e. The quantitative estimate of drug-likeness (QED) is 0.430. The van der Waals surface area contributed by atoms with Gasteiger partial charge < -0.3 is 14.2 Å². The maximum absolute atomic E-state index is 13.0. The molecule has 3 heterocycles. The predicted octanol–water partition coefficient (Wildman–Crippen LogP) is 4.56. The molecule has 0 N–H and O–H groups in total. The maximum atomic E-state index is 13.0. The Morgan fingerprint density at radius 1 is 1.17 bits per heavy atom. The highest BCUT2D eigenvalue weighted by Crippen LogP contribution is 2.65. The summed E-state index contributed by atoms with van der Waals surface area (Å²) in [4.78, 5) is 34.5. The number of ketones is 1. The summed E-state index contributed by atoms with van der Waals surface area (Å²) in [5.41, 5.74) is 0.565. The number of esters is 1. The molecule has 1 aliphatic carbocycles. The van der Waals surface area contributed by atoms with Gasteiger partial charge in [-0.2, -0.15) is 5.26 Å². The highest BCUT2D eigenvalue weighted by Gasteiger charge is 2.66. The minimum Gasteiger partial charge on any atom is -0.493 e. The molecule has 1 aromatic carbocycles. The number of aromatic nitrogens is 1. The van der Waals surface area contributed by atoms with Crippen LogP contribution in [0, 0.1) is 16.7 Å². The number of ether oxygens (including phenoxy) is 3. The molecule has 1 aromatic heterocycles. The number of hydrogen-bond acceptors (Lipinski definition) is 8. The molecule has 36 heavy (non-hydrogen) atoms. The fourth-order valence-corrected chi connectivity index (χ4v) is 5.18. The Labute approximate surface area is 214 Å². The molecule has 8 nitrogen and oxygen atoms in total. The Hall–Kier alpha value is -3.44. The number of nitriles is 1. The van der Waals surface area contributed by atoms with Crippen LogP contribution in [0.4, 0.5) is 0 Å². The fraction of sp³-hybridized carbons (Fsp3) is 0.444. The van der Waals surface area contributed by atoms with Crippen molar-refractivity contribution in [3.63, 3.8) is 0 Å². The number of carbonyl (C=O) groups excluding carboxylic acids is 2. The molecule has 1 saturated carbocycles. The van der Waals surface area contributed by atoms with Crippen molar-refractivity contribution in [2.24, 2.45) is 10.4 Å². The van der Waals surface area contributed by atoms with Crippen LogP contribution in [0.2, 0.25) is 5.02 Å². The molecule has 3 aliphatic rings. The van der Waals surface area contributed by atoms with Crippen LogP contribution in [0.3, 0.4) is 0 Å². The van der Waals surface area contributed by atoms with Crippen LogP contribution in [-0.2, 0) is 26.2 Å². The molecule has 1 fully saturated rings. The van der Waals surface area contributed by atoms with E-state index in [1.54, 1.807) is 0 Å². The zero-order valence-electron chi connectivity index (χ0n) is 20.4. The third-order valence-electron chi connectivity index (χ3n) is 6.80. The van der Waals surface area contributed by atoms with Gasteiger partial charge in [0.1, 0.15) is 41.7 Å². The number of carbonyl (C=O) groups is 2. The highest BCUT2D eigenvalue weighted by atomic mass is 35.5. The minimum absolute atomic E-state index is 0.0354. The van der Waals surface area contributed by atoms with E-state index in [9.17, 15) is 9.59 Å². The van der Waals surface area contributed by atoms with Gasteiger partial charge in [-0.3, -0.25) is 14.6 Å². The lowest BCUT2D eigenvalue weighted by Crippen LogP contribution is -2.44. The molecule has 2 aliphatic heterocycles. The van der Waals surface area contributed by atoms with Gasteiger partial charge in [-0.05, 0) is 57.4 Å². The second-order valence-electron chi connectivity index (χ2n) is 10.6. The van der Waals surface area contributed by atoms with Crippen molar-refractivity contribution in [3.8, 4) is 11.8 Å². The monoisotopic (exact) mass is 507 g/mol. The smallest absolute Gasteiger partial charge is 0.315 e. The third kappa shape index (κ3) is 4.33. The summed E-state index contributed by atoms with van der Waals surface area (Å²) in [6.45, 7) is 6.29. The number of nitrogens with zero attached hydrogens (tertiary/aromatic N) is 3. The van der Waals surface area contributed by atoms with Crippen LogP contribution in [-0.4, -0.2) is 41.4 Å². The van der Waals surface area contributed by atoms with Crippen LogP contribution >= 0.6 is 11.6 Å². The molecule has 2 spiro atoms. The molecule has 5 rings (SSSR count). The van der Waals surface area contributed by atoms with Gasteiger partial charge in [-0.1, -0.05) is 17.7 Å². The first-order valence-electron chi connectivity index (χ1n) is 11.8. The average molecular weight is 508 g/mol. The summed E-state index contributed by atoms with van der Waals surface area (Å²) in [5.74, 6) is 0.414. The SMILES string of the molecule is CC(C)(C)OC(=O)CC1=NC2(CO1)c1cc(CC(=O)c3ncc(C#N)cc3Cl)ccc1OCC21CC1. The molecule has 0 amide bonds. The lowest BCUT2D eigenvalue weighted by atomic mass is 9.74. The van der Waals surface area contributed by atoms with E-state index in [2.05, 4.69) is 4.98 Å². The van der Waals surface area contributed by atoms with Crippen LogP contribution in [0.15, 0.2) is 35.5 Å². The van der Waals surface area contributed by atoms with Gasteiger partial charge in [0, 0.05) is 23.6 Å². The van der Waals surface area contributed by atoms with Gasteiger partial charge in [-0.15, -0.1) is 0 Å². The van der Waals surface area contributed by atoms with Gasteiger partial charge in [0.15, 0.2) is 11.7 Å². The molecule has 0 bridgehead atoms. The summed E-state index contributed by atoms with van der Waals surface area (Å²) in [6, 6.07) is 9.03. The lowest BCUT2D eigenvalue weighted by molar-refractivity contribution is -0.153. The average Bonchev–Trinajstić information content (AvgIpc) is 3.48. The second-order valence-corrected chi connectivity index (χ2v) is 11.0. The standard InChI is InChI=1S/C27H26ClN3O5/c1-25(2,3)36-23(33)11-22-31-27(15-35-22)18-8-16(4-5-21(18)34-14-26(27)6-7-26)10-20(32)24-19(28)9-17(12-29)13-30-24/h4-5,8-9,13H,6-7,10-11,14-15H2,1-3H3. The van der Waals surface area contributed by atoms with E-state index in [4.69, 9.17) is 36.1 Å². The van der Waals surface area contributed by atoms with Gasteiger partial charge in [0.05, 0.1) is 17.2 Å². The van der Waals surface area contributed by atoms with Gasteiger partial charge >= 0.3 is 5.97 Å². The first-order chi connectivity index (χ1) is 17.0. The van der Waals surface area contributed by atoms with E-state index in [-0.39, 0.29) is 40.7 Å². The molecule has 2 aromatic rings. The Bertz CT molecular complexity index is 1340. The molecule has 1 unspecified atom stereocenters. The number of Topliss-reactive ketones (excluding diaryl/α,β-unsaturated/α-hetero) is 1. The molecule has 0 radical (unpaired) electrons. The number of pyridine rings is 1. The Morgan fingerprint density at radius 3 is 2.61 bits per heavy atom. The van der Waals surface area contributed by atoms with Crippen molar-refractivity contribution < 1.29 is 23.8 Å². The van der Waals surface area contributed by atoms with Crippen molar-refractivity contribution in [1.82, 2.24) is 4.98 Å². The van der Waals surface area contributed by atoms with Gasteiger partial charge in [0.2, 0.25) is 0 Å². The van der Waals surface area contributed by atoms with Crippen molar-refractivity contribution in [3.05, 3.63) is 57.9 Å². The highest BCUT2D eigenvalue weighted by molar-refractivity contribution is 6.33. The van der Waals surface area contributed by atoms with Gasteiger partial charge in [0.25, 0.3) is 0 Å². The molecule has 9 heteroatoms. The number of fused-ring (bicyclic) bond motifs is 3. The molecule has 186 valence electrons. The number of rotatable bonds is 5. The number of halogens is 1. The summed E-state index contributed by atoms with van der Waals surface area (Å²) in [5, 5.41) is 9.16. The molecule has 1 atom stereocenters. The van der Waals surface area contributed by atoms with Crippen molar-refractivity contribution in [2.75, 3.05) is 13.2 Å². The first kappa shape index (κ1) is 24.3. The van der Waals surface area contributed by atoms with Crippen LogP contribution in [0.25, 0.3) is 0 Å². The van der Waals surface area contributed by atoms with E-state index in [1.165, 1.54) is 12.3 Å². The predicted molar refractivity (Wildman–Crippen MR) is 131 cm³/mol. The minimum atomic E-state index is -0.679. The largest absolute Gasteiger partial charge is 0.493 e. The van der Waals surface area contributed by atoms with E-state index >= 15 is 0 Å². The number of benzene rings is 1. The Balaban J connectivity index is 1.44. The number of aliphatic imine (C=N–C) groups is 1. The molecular formula is C27H26ClN3O5. The zero-order chi connectivity index (χ0) is 25.7. The van der Waals surface area contributed by atoms with E-state index in [1.807, 2.05) is 45.0 Å². The van der Waals surface area contributed by atoms with Crippen LogP contribution in [0.5, 0.6) is 5.75 Å². The van der Waals surface area contributed by atoms with E-state index in [0.717, 1.165) is 24.0 Å². The summed E-state index contributed by atoms with van der Waals surface area (Å²) in [7, 11) is 0. The van der Waals surface area contributed by atoms with Crippen molar-refractivity contribution in [1.29, 1.82) is 5.26 Å². The van der Waals surface area contributed by atoms with Crippen molar-refractivity contribution >= 4 is 29.3 Å². The summed E-state index contributed by atoms with van der Waals surface area (Å²) >= 11 is 6.20. The fourth-order valence-electron chi connectivity index (χ4n) is 4.91. The lowest BCUT2D eigenvalue weighted by Gasteiger charge is -2.39. The van der Waals surface area contributed by atoms with E-state index < -0.39 is 11.1 Å². The molecule has 0 saturated heterocycles. The molecular weight excluding hydrogens is 482 g/mol. The third-order valence-corrected chi connectivity index (χ3v) is 7.09. The topological polar surface area (TPSA) is 111 Å². The van der Waals surface area contributed by atoms with Crippen LogP contribution in [0.1, 0.15) is 67.2 Å². The second kappa shape index (κ2) is 8.59. The number of hydrogen-bond donors (Lipinski definition) is 0. The normalized spacial score (nSPS) is 21.1. The summed E-state index contributed by atoms with van der Waals surface area (Å²) in [6.07, 6.45) is 3.25. The summed E-state index contributed by atoms with van der Waals surface area (Å²) < 4.78 is 17.5. The van der Waals surface area contributed by atoms with E-state index in [0.29, 0.717) is 30.4 Å². The Kier molecular flexibility index (Phi) is 5.79. The van der Waals surface area contributed by atoms with Gasteiger partial charge in [-0.25, -0.2) is 4.99 Å². The zero-order valence-corrected chi connectivity index (χ0v) is 21.1. The van der Waals surface area contributed by atoms with Crippen LogP contribution < -0.4 is 4.74 Å².